The lowest BCUT2D eigenvalue weighted by Crippen LogP contribution is -2.24. The van der Waals surface area contributed by atoms with E-state index in [1.807, 2.05) is 54.3 Å². The van der Waals surface area contributed by atoms with Crippen molar-refractivity contribution in [1.29, 1.82) is 0 Å². The number of para-hydroxylation sites is 2. The van der Waals surface area contributed by atoms with Crippen LogP contribution in [-0.4, -0.2) is 28.6 Å². The van der Waals surface area contributed by atoms with E-state index >= 15 is 0 Å². The Balaban J connectivity index is 1.40. The summed E-state index contributed by atoms with van der Waals surface area (Å²) in [5.74, 6) is 1.90. The number of carbonyl (C=O) groups is 1. The van der Waals surface area contributed by atoms with Gasteiger partial charge in [0.2, 0.25) is 5.91 Å². The zero-order valence-corrected chi connectivity index (χ0v) is 20.5. The molecule has 1 saturated heterocycles. The molecule has 34 heavy (non-hydrogen) atoms. The molecular weight excluding hydrogens is 446 g/mol. The molecule has 1 atom stereocenters. The van der Waals surface area contributed by atoms with Gasteiger partial charge in [-0.05, 0) is 79.9 Å². The van der Waals surface area contributed by atoms with Gasteiger partial charge >= 0.3 is 0 Å². The first kappa shape index (κ1) is 22.5. The Labute approximate surface area is 204 Å². The molecule has 3 aromatic carbocycles. The average molecular weight is 474 g/mol. The molecule has 0 N–H and O–H groups in total. The van der Waals surface area contributed by atoms with Crippen molar-refractivity contribution in [1.82, 2.24) is 9.55 Å². The number of halogens is 1. The number of imidazole rings is 1. The smallest absolute Gasteiger partial charge is 0.227 e. The summed E-state index contributed by atoms with van der Waals surface area (Å²) in [5.41, 5.74) is 6.37. The van der Waals surface area contributed by atoms with Crippen LogP contribution in [0.3, 0.4) is 0 Å². The van der Waals surface area contributed by atoms with Crippen LogP contribution in [0.4, 0.5) is 5.69 Å². The van der Waals surface area contributed by atoms with Gasteiger partial charge in [-0.25, -0.2) is 4.98 Å². The number of carbonyl (C=O) groups excluding carboxylic acids is 1. The lowest BCUT2D eigenvalue weighted by atomic mass is 10.1. The van der Waals surface area contributed by atoms with Gasteiger partial charge in [0.1, 0.15) is 18.2 Å². The monoisotopic (exact) mass is 473 g/mol. The molecule has 0 saturated carbocycles. The molecule has 0 spiro atoms. The summed E-state index contributed by atoms with van der Waals surface area (Å²) in [5, 5.41) is 0.731. The zero-order valence-electron chi connectivity index (χ0n) is 19.7. The second kappa shape index (κ2) is 9.15. The molecule has 6 heteroatoms. The van der Waals surface area contributed by atoms with E-state index in [2.05, 4.69) is 36.6 Å². The molecule has 1 aliphatic heterocycles. The van der Waals surface area contributed by atoms with Crippen molar-refractivity contribution in [2.45, 2.75) is 39.7 Å². The molecule has 0 aliphatic carbocycles. The number of nitrogens with zero attached hydrogens (tertiary/aromatic N) is 3. The van der Waals surface area contributed by atoms with Crippen molar-refractivity contribution in [3.63, 3.8) is 0 Å². The van der Waals surface area contributed by atoms with Crippen LogP contribution in [0.5, 0.6) is 5.75 Å². The Morgan fingerprint density at radius 3 is 2.62 bits per heavy atom. The Kier molecular flexibility index (Phi) is 6.05. The van der Waals surface area contributed by atoms with Crippen LogP contribution in [-0.2, 0) is 11.3 Å². The Bertz CT molecular complexity index is 1380. The second-order valence-electron chi connectivity index (χ2n) is 9.04. The predicted octanol–water partition coefficient (Wildman–Crippen LogP) is 6.21. The highest BCUT2D eigenvalue weighted by Crippen LogP contribution is 2.34. The molecule has 1 aliphatic rings. The van der Waals surface area contributed by atoms with Crippen molar-refractivity contribution in [3.05, 3.63) is 88.2 Å². The van der Waals surface area contributed by atoms with Crippen molar-refractivity contribution >= 4 is 34.2 Å². The van der Waals surface area contributed by atoms with E-state index in [9.17, 15) is 4.79 Å². The first-order chi connectivity index (χ1) is 16.4. The molecule has 4 aromatic rings. The maximum atomic E-state index is 13.0. The highest BCUT2D eigenvalue weighted by molar-refractivity contribution is 6.31. The van der Waals surface area contributed by atoms with Gasteiger partial charge in [-0.15, -0.1) is 0 Å². The minimum Gasteiger partial charge on any atom is -0.492 e. The minimum atomic E-state index is 0.0271. The molecule has 1 aromatic heterocycles. The summed E-state index contributed by atoms with van der Waals surface area (Å²) < 4.78 is 8.24. The first-order valence-corrected chi connectivity index (χ1v) is 12.0. The van der Waals surface area contributed by atoms with E-state index in [0.717, 1.165) is 38.9 Å². The molecule has 1 unspecified atom stereocenters. The van der Waals surface area contributed by atoms with Crippen LogP contribution < -0.4 is 9.64 Å². The largest absolute Gasteiger partial charge is 0.492 e. The quantitative estimate of drug-likeness (QED) is 0.334. The van der Waals surface area contributed by atoms with Crippen LogP contribution in [0.25, 0.3) is 11.0 Å². The molecular formula is C28H28ClN3O2. The fourth-order valence-electron chi connectivity index (χ4n) is 4.63. The number of amides is 1. The number of anilines is 1. The molecule has 1 amide bonds. The van der Waals surface area contributed by atoms with E-state index in [1.165, 1.54) is 11.1 Å². The Morgan fingerprint density at radius 2 is 1.82 bits per heavy atom. The second-order valence-corrected chi connectivity index (χ2v) is 9.45. The van der Waals surface area contributed by atoms with Gasteiger partial charge < -0.3 is 14.2 Å². The molecule has 5 nitrogen and oxygen atoms in total. The van der Waals surface area contributed by atoms with Crippen molar-refractivity contribution in [3.8, 4) is 5.75 Å². The normalized spacial score (nSPS) is 15.9. The third kappa shape index (κ3) is 4.28. The fraction of sp³-hybridized carbons (Fsp3) is 0.286. The van der Waals surface area contributed by atoms with E-state index in [-0.39, 0.29) is 11.8 Å². The van der Waals surface area contributed by atoms with Gasteiger partial charge in [-0.1, -0.05) is 29.8 Å². The van der Waals surface area contributed by atoms with Gasteiger partial charge in [0, 0.05) is 29.6 Å². The van der Waals surface area contributed by atoms with Crippen molar-refractivity contribution < 1.29 is 9.53 Å². The third-order valence-corrected chi connectivity index (χ3v) is 7.11. The van der Waals surface area contributed by atoms with E-state index in [4.69, 9.17) is 21.3 Å². The summed E-state index contributed by atoms with van der Waals surface area (Å²) in [6.07, 6.45) is 0.452. The lowest BCUT2D eigenvalue weighted by Gasteiger charge is -2.18. The standard InChI is InChI=1S/C28H28ClN3O2/c1-18-8-9-22(14-19(18)2)32-17-21(16-27(32)33)28-30-25-6-4-5-7-26(25)31(28)12-13-34-23-10-11-24(29)20(3)15-23/h4-11,14-15,21H,12-13,16-17H2,1-3H3. The maximum Gasteiger partial charge on any atom is 0.227 e. The van der Waals surface area contributed by atoms with Crippen LogP contribution in [0.15, 0.2) is 60.7 Å². The summed E-state index contributed by atoms with van der Waals surface area (Å²) >= 11 is 6.14. The lowest BCUT2D eigenvalue weighted by molar-refractivity contribution is -0.117. The number of benzene rings is 3. The summed E-state index contributed by atoms with van der Waals surface area (Å²) in [4.78, 5) is 19.8. The van der Waals surface area contributed by atoms with Gasteiger partial charge in [0.05, 0.1) is 17.6 Å². The number of rotatable bonds is 6. The predicted molar refractivity (Wildman–Crippen MR) is 137 cm³/mol. The van der Waals surface area contributed by atoms with E-state index in [0.29, 0.717) is 26.1 Å². The van der Waals surface area contributed by atoms with Gasteiger partial charge in [-0.3, -0.25) is 4.79 Å². The van der Waals surface area contributed by atoms with Crippen molar-refractivity contribution in [2.24, 2.45) is 0 Å². The summed E-state index contributed by atoms with van der Waals surface area (Å²) in [7, 11) is 0. The number of hydrogen-bond donors (Lipinski definition) is 0. The number of hydrogen-bond acceptors (Lipinski definition) is 3. The molecule has 5 rings (SSSR count). The number of aromatic nitrogens is 2. The topological polar surface area (TPSA) is 47.4 Å². The molecule has 0 bridgehead atoms. The average Bonchev–Trinajstić information content (AvgIpc) is 3.39. The number of fused-ring (bicyclic) bond motifs is 1. The van der Waals surface area contributed by atoms with Crippen LogP contribution >= 0.6 is 11.6 Å². The Morgan fingerprint density at radius 1 is 1.00 bits per heavy atom. The van der Waals surface area contributed by atoms with E-state index in [1.54, 1.807) is 0 Å². The third-order valence-electron chi connectivity index (χ3n) is 6.69. The van der Waals surface area contributed by atoms with Gasteiger partial charge in [0.25, 0.3) is 0 Å². The number of ether oxygens (including phenoxy) is 1. The van der Waals surface area contributed by atoms with Crippen molar-refractivity contribution in [2.75, 3.05) is 18.1 Å². The molecule has 0 radical (unpaired) electrons. The fourth-order valence-corrected chi connectivity index (χ4v) is 4.74. The molecule has 1 fully saturated rings. The minimum absolute atomic E-state index is 0.0271. The highest BCUT2D eigenvalue weighted by atomic mass is 35.5. The number of aryl methyl sites for hydroxylation is 3. The van der Waals surface area contributed by atoms with Crippen LogP contribution in [0.1, 0.15) is 34.9 Å². The zero-order chi connectivity index (χ0) is 23.8. The maximum absolute atomic E-state index is 13.0. The van der Waals surface area contributed by atoms with Crippen LogP contribution in [0, 0.1) is 20.8 Å². The molecule has 2 heterocycles. The highest BCUT2D eigenvalue weighted by Gasteiger charge is 2.35. The van der Waals surface area contributed by atoms with Gasteiger partial charge in [0.15, 0.2) is 0 Å². The Hall–Kier alpha value is -3.31. The SMILES string of the molecule is Cc1ccc(N2CC(c3nc4ccccc4n3CCOc3ccc(Cl)c(C)c3)CC2=O)cc1C. The molecule has 174 valence electrons. The van der Waals surface area contributed by atoms with Crippen LogP contribution in [0.2, 0.25) is 5.02 Å². The van der Waals surface area contributed by atoms with Gasteiger partial charge in [-0.2, -0.15) is 0 Å². The summed E-state index contributed by atoms with van der Waals surface area (Å²) in [6.45, 7) is 7.90. The summed E-state index contributed by atoms with van der Waals surface area (Å²) in [6, 6.07) is 20.0. The first-order valence-electron chi connectivity index (χ1n) is 11.6. The van der Waals surface area contributed by atoms with E-state index < -0.39 is 0 Å².